The quantitative estimate of drug-likeness (QED) is 0.811. The Morgan fingerprint density at radius 2 is 1.85 bits per heavy atom. The number of rotatable bonds is 7. The molecule has 26 heavy (non-hydrogen) atoms. The van der Waals surface area contributed by atoms with Gasteiger partial charge in [0.15, 0.2) is 0 Å². The van der Waals surface area contributed by atoms with Crippen LogP contribution in [0.2, 0.25) is 0 Å². The van der Waals surface area contributed by atoms with E-state index in [-0.39, 0.29) is 0 Å². The number of nitrogens with one attached hydrogen (secondary N) is 1. The van der Waals surface area contributed by atoms with Gasteiger partial charge >= 0.3 is 0 Å². The monoisotopic (exact) mass is 360 g/mol. The van der Waals surface area contributed by atoms with Crippen molar-refractivity contribution in [1.29, 1.82) is 0 Å². The lowest BCUT2D eigenvalue weighted by Gasteiger charge is -2.37. The summed E-state index contributed by atoms with van der Waals surface area (Å²) < 4.78 is 5.48. The van der Waals surface area contributed by atoms with Crippen molar-refractivity contribution in [2.75, 3.05) is 39.4 Å². The number of hydrogen-bond acceptors (Lipinski definition) is 4. The summed E-state index contributed by atoms with van der Waals surface area (Å²) in [6.45, 7) is 7.55. The Morgan fingerprint density at radius 3 is 2.69 bits per heavy atom. The van der Waals surface area contributed by atoms with E-state index in [4.69, 9.17) is 4.74 Å². The van der Waals surface area contributed by atoms with Crippen LogP contribution in [0.5, 0.6) is 0 Å². The van der Waals surface area contributed by atoms with Crippen molar-refractivity contribution in [2.24, 2.45) is 5.92 Å². The third-order valence-corrected chi connectivity index (χ3v) is 6.64. The van der Waals surface area contributed by atoms with E-state index >= 15 is 0 Å². The van der Waals surface area contributed by atoms with Crippen LogP contribution >= 0.6 is 0 Å². The van der Waals surface area contributed by atoms with Gasteiger partial charge in [0.1, 0.15) is 5.82 Å². The maximum Gasteiger partial charge on any atom is 0.106 e. The Kier molecular flexibility index (Phi) is 6.63. The van der Waals surface area contributed by atoms with Gasteiger partial charge in [0, 0.05) is 44.0 Å². The first-order chi connectivity index (χ1) is 12.9. The highest BCUT2D eigenvalue weighted by atomic mass is 16.5. The van der Waals surface area contributed by atoms with E-state index in [2.05, 4.69) is 26.0 Å². The summed E-state index contributed by atoms with van der Waals surface area (Å²) in [5, 5.41) is 0. The van der Waals surface area contributed by atoms with Crippen LogP contribution in [0.25, 0.3) is 0 Å². The molecule has 5 nitrogen and oxygen atoms in total. The minimum absolute atomic E-state index is 0.730. The summed E-state index contributed by atoms with van der Waals surface area (Å²) >= 11 is 0. The van der Waals surface area contributed by atoms with E-state index in [9.17, 15) is 0 Å². The van der Waals surface area contributed by atoms with Crippen LogP contribution in [0.15, 0.2) is 6.20 Å². The zero-order valence-corrected chi connectivity index (χ0v) is 16.3. The van der Waals surface area contributed by atoms with Gasteiger partial charge in [0.05, 0.1) is 13.2 Å². The van der Waals surface area contributed by atoms with E-state index in [1.54, 1.807) is 0 Å². The van der Waals surface area contributed by atoms with Crippen LogP contribution in [-0.4, -0.2) is 65.2 Å². The van der Waals surface area contributed by atoms with Crippen molar-refractivity contribution in [3.63, 3.8) is 0 Å². The number of hydrogen-bond donors (Lipinski definition) is 1. The summed E-state index contributed by atoms with van der Waals surface area (Å²) in [6, 6.07) is 0.730. The molecule has 1 aromatic heterocycles. The number of likely N-dealkylation sites (tertiary alicyclic amines) is 1. The van der Waals surface area contributed by atoms with Crippen LogP contribution in [0.3, 0.4) is 0 Å². The largest absolute Gasteiger partial charge is 0.379 e. The van der Waals surface area contributed by atoms with Crippen molar-refractivity contribution in [3.05, 3.63) is 17.7 Å². The summed E-state index contributed by atoms with van der Waals surface area (Å²) in [7, 11) is 0. The van der Waals surface area contributed by atoms with Crippen LogP contribution in [0, 0.1) is 5.92 Å². The fourth-order valence-corrected chi connectivity index (χ4v) is 5.05. The highest BCUT2D eigenvalue weighted by Crippen LogP contribution is 2.27. The summed E-state index contributed by atoms with van der Waals surface area (Å²) in [5.74, 6) is 2.08. The van der Waals surface area contributed by atoms with Gasteiger partial charge in [-0.15, -0.1) is 0 Å². The van der Waals surface area contributed by atoms with Gasteiger partial charge < -0.3 is 9.72 Å². The maximum atomic E-state index is 5.48. The van der Waals surface area contributed by atoms with Gasteiger partial charge in [-0.25, -0.2) is 4.98 Å². The van der Waals surface area contributed by atoms with Gasteiger partial charge in [-0.2, -0.15) is 0 Å². The fraction of sp³-hybridized carbons (Fsp3) is 0.857. The third kappa shape index (κ3) is 5.08. The molecule has 1 saturated carbocycles. The number of aromatic nitrogens is 2. The highest BCUT2D eigenvalue weighted by Gasteiger charge is 2.24. The SMILES string of the molecule is c1nc(CC2CCCC2)[nH]c1CN1CCCCC1CCN1CCOCC1. The Labute approximate surface area is 158 Å². The lowest BCUT2D eigenvalue weighted by molar-refractivity contribution is 0.0301. The van der Waals surface area contributed by atoms with Gasteiger partial charge in [0.2, 0.25) is 0 Å². The van der Waals surface area contributed by atoms with E-state index < -0.39 is 0 Å². The minimum Gasteiger partial charge on any atom is -0.379 e. The zero-order valence-electron chi connectivity index (χ0n) is 16.3. The molecule has 146 valence electrons. The number of ether oxygens (including phenoxy) is 1. The Balaban J connectivity index is 1.28. The Hall–Kier alpha value is -0.910. The number of nitrogens with zero attached hydrogens (tertiary/aromatic N) is 3. The predicted molar refractivity (Wildman–Crippen MR) is 104 cm³/mol. The molecule has 0 radical (unpaired) electrons. The van der Waals surface area contributed by atoms with E-state index in [0.29, 0.717) is 0 Å². The normalized spacial score (nSPS) is 26.5. The van der Waals surface area contributed by atoms with Crippen LogP contribution in [0.4, 0.5) is 0 Å². The number of morpholine rings is 1. The molecule has 3 heterocycles. The molecule has 1 atom stereocenters. The molecule has 0 spiro atoms. The Morgan fingerprint density at radius 1 is 1.04 bits per heavy atom. The van der Waals surface area contributed by atoms with Gasteiger partial charge in [-0.1, -0.05) is 32.1 Å². The molecule has 2 saturated heterocycles. The smallest absolute Gasteiger partial charge is 0.106 e. The third-order valence-electron chi connectivity index (χ3n) is 6.64. The number of aromatic amines is 1. The average molecular weight is 361 g/mol. The molecular weight excluding hydrogens is 324 g/mol. The second kappa shape index (κ2) is 9.34. The topological polar surface area (TPSA) is 44.4 Å². The second-order valence-electron chi connectivity index (χ2n) is 8.57. The number of H-pyrrole nitrogens is 1. The molecular formula is C21H36N4O. The average Bonchev–Trinajstić information content (AvgIpc) is 3.34. The first kappa shape index (κ1) is 18.5. The van der Waals surface area contributed by atoms with E-state index in [1.807, 2.05) is 0 Å². The van der Waals surface area contributed by atoms with Gasteiger partial charge in [0.25, 0.3) is 0 Å². The van der Waals surface area contributed by atoms with Crippen LogP contribution in [-0.2, 0) is 17.7 Å². The van der Waals surface area contributed by atoms with Gasteiger partial charge in [-0.3, -0.25) is 9.80 Å². The van der Waals surface area contributed by atoms with E-state index in [1.165, 1.54) is 76.0 Å². The highest BCUT2D eigenvalue weighted by molar-refractivity contribution is 5.03. The Bertz CT molecular complexity index is 534. The molecule has 3 aliphatic rings. The summed E-state index contributed by atoms with van der Waals surface area (Å²) in [6.07, 6.45) is 14.2. The first-order valence-electron chi connectivity index (χ1n) is 10.9. The lowest BCUT2D eigenvalue weighted by atomic mass is 9.99. The van der Waals surface area contributed by atoms with Crippen LogP contribution in [0.1, 0.15) is 62.9 Å². The van der Waals surface area contributed by atoms with Crippen molar-refractivity contribution in [3.8, 4) is 0 Å². The van der Waals surface area contributed by atoms with Crippen molar-refractivity contribution < 1.29 is 4.74 Å². The van der Waals surface area contributed by atoms with Crippen molar-refractivity contribution >= 4 is 0 Å². The molecule has 1 aliphatic carbocycles. The molecule has 1 aromatic rings. The molecule has 0 aromatic carbocycles. The summed E-state index contributed by atoms with van der Waals surface area (Å²) in [4.78, 5) is 13.6. The molecule has 4 rings (SSSR count). The molecule has 5 heteroatoms. The molecule has 0 bridgehead atoms. The van der Waals surface area contributed by atoms with Gasteiger partial charge in [-0.05, 0) is 38.3 Å². The zero-order chi connectivity index (χ0) is 17.6. The molecule has 1 unspecified atom stereocenters. The summed E-state index contributed by atoms with van der Waals surface area (Å²) in [5.41, 5.74) is 1.32. The number of piperidine rings is 1. The minimum atomic E-state index is 0.730. The van der Waals surface area contributed by atoms with Crippen molar-refractivity contribution in [1.82, 2.24) is 19.8 Å². The van der Waals surface area contributed by atoms with Crippen molar-refractivity contribution in [2.45, 2.75) is 70.4 Å². The second-order valence-corrected chi connectivity index (χ2v) is 8.57. The molecule has 0 amide bonds. The standard InChI is InChI=1S/C21H36N4O/c1-2-6-18(5-1)15-21-22-16-19(23-21)17-25-9-4-3-7-20(25)8-10-24-11-13-26-14-12-24/h16,18,20H,1-15,17H2,(H,22,23). The fourth-order valence-electron chi connectivity index (χ4n) is 5.05. The molecule has 3 fully saturated rings. The van der Waals surface area contributed by atoms with Crippen LogP contribution < -0.4 is 0 Å². The number of imidazole rings is 1. The van der Waals surface area contributed by atoms with E-state index in [0.717, 1.165) is 51.2 Å². The molecule has 2 aliphatic heterocycles. The molecule has 1 N–H and O–H groups in total. The predicted octanol–water partition coefficient (Wildman–Crippen LogP) is 3.22. The maximum absolute atomic E-state index is 5.48. The lowest BCUT2D eigenvalue weighted by Crippen LogP contribution is -2.43. The first-order valence-corrected chi connectivity index (χ1v) is 10.9.